The van der Waals surface area contributed by atoms with E-state index in [-0.39, 0.29) is 5.41 Å². The number of carbonyl (C=O) groups is 1. The molecule has 1 spiro atoms. The number of aromatic nitrogens is 1. The number of nitrogens with zero attached hydrogens (tertiary/aromatic N) is 4. The monoisotopic (exact) mass is 346 g/mol. The van der Waals surface area contributed by atoms with Gasteiger partial charge in [0, 0.05) is 53.6 Å². The second kappa shape index (κ2) is 7.70. The highest BCUT2D eigenvalue weighted by Crippen LogP contribution is 2.40. The molecule has 25 heavy (non-hydrogen) atoms. The molecule has 2 aliphatic rings. The van der Waals surface area contributed by atoms with Crippen LogP contribution in [0.15, 0.2) is 18.3 Å². The van der Waals surface area contributed by atoms with Crippen LogP contribution >= 0.6 is 0 Å². The molecule has 1 aromatic heterocycles. The lowest BCUT2D eigenvalue weighted by Crippen LogP contribution is -2.50. The second-order valence-corrected chi connectivity index (χ2v) is 7.55. The summed E-state index contributed by atoms with van der Waals surface area (Å²) in [6.07, 6.45) is 5.04. The van der Waals surface area contributed by atoms with Gasteiger partial charge in [-0.3, -0.25) is 9.69 Å². The van der Waals surface area contributed by atoms with Gasteiger partial charge < -0.3 is 14.5 Å². The zero-order valence-corrected chi connectivity index (χ0v) is 15.7. The zero-order valence-electron chi connectivity index (χ0n) is 15.7. The molecule has 2 aliphatic heterocycles. The summed E-state index contributed by atoms with van der Waals surface area (Å²) in [6, 6.07) is 4.19. The minimum Gasteiger partial charge on any atom is -0.383 e. The van der Waals surface area contributed by atoms with Crippen LogP contribution in [0.1, 0.15) is 24.8 Å². The van der Waals surface area contributed by atoms with E-state index < -0.39 is 0 Å². The molecule has 0 unspecified atom stereocenters. The van der Waals surface area contributed by atoms with Crippen LogP contribution in [0.5, 0.6) is 0 Å². The Hall–Kier alpha value is -1.66. The van der Waals surface area contributed by atoms with E-state index in [1.165, 1.54) is 5.56 Å². The third-order valence-electron chi connectivity index (χ3n) is 5.50. The Morgan fingerprint density at radius 3 is 2.80 bits per heavy atom. The van der Waals surface area contributed by atoms with E-state index in [0.717, 1.165) is 51.3 Å². The summed E-state index contributed by atoms with van der Waals surface area (Å²) in [5, 5.41) is 0. The van der Waals surface area contributed by atoms with Crippen LogP contribution in [0.4, 0.5) is 5.82 Å². The Kier molecular flexibility index (Phi) is 5.59. The molecule has 6 nitrogen and oxygen atoms in total. The summed E-state index contributed by atoms with van der Waals surface area (Å²) in [6.45, 7) is 4.93. The molecule has 138 valence electrons. The van der Waals surface area contributed by atoms with Crippen LogP contribution in [-0.4, -0.2) is 74.7 Å². The van der Waals surface area contributed by atoms with Gasteiger partial charge in [0.25, 0.3) is 0 Å². The van der Waals surface area contributed by atoms with Crippen molar-refractivity contribution in [2.75, 3.05) is 58.9 Å². The maximum absolute atomic E-state index is 13.0. The smallest absolute Gasteiger partial charge is 0.230 e. The molecule has 1 aromatic rings. The van der Waals surface area contributed by atoms with E-state index >= 15 is 0 Å². The zero-order chi connectivity index (χ0) is 17.9. The average Bonchev–Trinajstić information content (AvgIpc) is 3.00. The fourth-order valence-electron chi connectivity index (χ4n) is 4.07. The largest absolute Gasteiger partial charge is 0.383 e. The fraction of sp³-hybridized carbons (Fsp3) is 0.684. The van der Waals surface area contributed by atoms with Gasteiger partial charge in [-0.2, -0.15) is 0 Å². The normalized spacial score (nSPS) is 24.3. The minimum atomic E-state index is -0.178. The van der Waals surface area contributed by atoms with Crippen LogP contribution in [0.2, 0.25) is 0 Å². The lowest BCUT2D eigenvalue weighted by atomic mass is 9.78. The molecule has 6 heteroatoms. The van der Waals surface area contributed by atoms with Crippen molar-refractivity contribution < 1.29 is 9.53 Å². The average molecular weight is 346 g/mol. The molecular formula is C19H30N4O2. The molecule has 0 N–H and O–H groups in total. The molecular weight excluding hydrogens is 316 g/mol. The van der Waals surface area contributed by atoms with Crippen LogP contribution in [0.3, 0.4) is 0 Å². The fourth-order valence-corrected chi connectivity index (χ4v) is 4.07. The molecule has 0 radical (unpaired) electrons. The van der Waals surface area contributed by atoms with Gasteiger partial charge in [-0.25, -0.2) is 4.98 Å². The van der Waals surface area contributed by atoms with E-state index in [2.05, 4.69) is 22.0 Å². The van der Waals surface area contributed by atoms with Gasteiger partial charge >= 0.3 is 0 Å². The first-order valence-corrected chi connectivity index (χ1v) is 9.17. The van der Waals surface area contributed by atoms with Crippen molar-refractivity contribution in [1.29, 1.82) is 0 Å². The maximum atomic E-state index is 13.0. The number of piperidine rings is 1. The lowest BCUT2D eigenvalue weighted by Gasteiger charge is -2.39. The predicted octanol–water partition coefficient (Wildman–Crippen LogP) is 1.61. The summed E-state index contributed by atoms with van der Waals surface area (Å²) in [7, 11) is 5.68. The first kappa shape index (κ1) is 18.1. The number of likely N-dealkylation sites (tertiary alicyclic amines) is 2. The van der Waals surface area contributed by atoms with Crippen LogP contribution < -0.4 is 4.90 Å². The van der Waals surface area contributed by atoms with Crippen molar-refractivity contribution in [3.8, 4) is 0 Å². The third kappa shape index (κ3) is 3.96. The van der Waals surface area contributed by atoms with Gasteiger partial charge in [0.15, 0.2) is 0 Å². The first-order valence-electron chi connectivity index (χ1n) is 9.17. The van der Waals surface area contributed by atoms with E-state index in [4.69, 9.17) is 4.74 Å². The number of rotatable bonds is 6. The Balaban J connectivity index is 1.61. The Labute approximate surface area is 150 Å². The van der Waals surface area contributed by atoms with Crippen molar-refractivity contribution in [2.45, 2.75) is 25.8 Å². The highest BCUT2D eigenvalue weighted by Gasteiger charge is 2.47. The standard InChI is InChI=1S/C19H30N4O2/c1-21(2)17-6-5-16(13-20-17)14-22-10-8-19(15-22)7-4-9-23(18(19)24)11-12-25-3/h5-6,13H,4,7-12,14-15H2,1-3H3/t19-/m1/s1. The van der Waals surface area contributed by atoms with Crippen molar-refractivity contribution in [1.82, 2.24) is 14.8 Å². The molecule has 0 bridgehead atoms. The van der Waals surface area contributed by atoms with E-state index in [1.807, 2.05) is 30.1 Å². The van der Waals surface area contributed by atoms with Crippen molar-refractivity contribution in [3.05, 3.63) is 23.9 Å². The lowest BCUT2D eigenvalue weighted by molar-refractivity contribution is -0.146. The van der Waals surface area contributed by atoms with Gasteiger partial charge in [0.05, 0.1) is 12.0 Å². The number of hydrogen-bond acceptors (Lipinski definition) is 5. The quantitative estimate of drug-likeness (QED) is 0.783. The number of amides is 1. The number of ether oxygens (including phenoxy) is 1. The number of carbonyl (C=O) groups excluding carboxylic acids is 1. The molecule has 0 saturated carbocycles. The number of anilines is 1. The number of hydrogen-bond donors (Lipinski definition) is 0. The minimum absolute atomic E-state index is 0.178. The molecule has 1 amide bonds. The molecule has 3 heterocycles. The SMILES string of the molecule is COCCN1CCC[C@]2(CCN(Cc3ccc(N(C)C)nc3)C2)C1=O. The number of methoxy groups -OCH3 is 1. The summed E-state index contributed by atoms with van der Waals surface area (Å²) in [5.41, 5.74) is 1.03. The van der Waals surface area contributed by atoms with Gasteiger partial charge in [0.1, 0.15) is 5.82 Å². The summed E-state index contributed by atoms with van der Waals surface area (Å²) < 4.78 is 5.16. The number of pyridine rings is 1. The molecule has 2 fully saturated rings. The Morgan fingerprint density at radius 2 is 2.12 bits per heavy atom. The Bertz CT molecular complexity index is 590. The summed E-state index contributed by atoms with van der Waals surface area (Å²) >= 11 is 0. The van der Waals surface area contributed by atoms with E-state index in [0.29, 0.717) is 19.1 Å². The maximum Gasteiger partial charge on any atom is 0.230 e. The topological polar surface area (TPSA) is 48.9 Å². The van der Waals surface area contributed by atoms with E-state index in [1.54, 1.807) is 7.11 Å². The highest BCUT2D eigenvalue weighted by molar-refractivity contribution is 5.84. The van der Waals surface area contributed by atoms with Crippen LogP contribution in [0, 0.1) is 5.41 Å². The highest BCUT2D eigenvalue weighted by atomic mass is 16.5. The first-order chi connectivity index (χ1) is 12.0. The van der Waals surface area contributed by atoms with E-state index in [9.17, 15) is 4.79 Å². The van der Waals surface area contributed by atoms with Crippen LogP contribution in [-0.2, 0) is 16.1 Å². The second-order valence-electron chi connectivity index (χ2n) is 7.55. The molecule has 2 saturated heterocycles. The van der Waals surface area contributed by atoms with Gasteiger partial charge in [-0.05, 0) is 37.4 Å². The summed E-state index contributed by atoms with van der Waals surface area (Å²) in [5.74, 6) is 1.30. The molecule has 0 aliphatic carbocycles. The molecule has 1 atom stereocenters. The van der Waals surface area contributed by atoms with Crippen molar-refractivity contribution in [3.63, 3.8) is 0 Å². The molecule has 3 rings (SSSR count). The van der Waals surface area contributed by atoms with Gasteiger partial charge in [0.2, 0.25) is 5.91 Å². The van der Waals surface area contributed by atoms with Crippen LogP contribution in [0.25, 0.3) is 0 Å². The predicted molar refractivity (Wildman–Crippen MR) is 98.6 cm³/mol. The van der Waals surface area contributed by atoms with Crippen molar-refractivity contribution >= 4 is 11.7 Å². The van der Waals surface area contributed by atoms with Crippen molar-refractivity contribution in [2.24, 2.45) is 5.41 Å². The van der Waals surface area contributed by atoms with Gasteiger partial charge in [-0.15, -0.1) is 0 Å². The molecule has 0 aromatic carbocycles. The summed E-state index contributed by atoms with van der Waals surface area (Å²) in [4.78, 5) is 23.9. The Morgan fingerprint density at radius 1 is 1.28 bits per heavy atom. The van der Waals surface area contributed by atoms with Gasteiger partial charge in [-0.1, -0.05) is 6.07 Å². The third-order valence-corrected chi connectivity index (χ3v) is 5.50.